The number of likely N-dealkylation sites (tertiary alicyclic amines) is 1. The van der Waals surface area contributed by atoms with Crippen LogP contribution in [-0.2, 0) is 6.54 Å². The van der Waals surface area contributed by atoms with E-state index < -0.39 is 0 Å². The van der Waals surface area contributed by atoms with Crippen molar-refractivity contribution >= 4 is 11.7 Å². The summed E-state index contributed by atoms with van der Waals surface area (Å²) in [6, 6.07) is 10.8. The molecule has 1 aliphatic heterocycles. The van der Waals surface area contributed by atoms with E-state index in [1.165, 1.54) is 5.56 Å². The van der Waals surface area contributed by atoms with Crippen molar-refractivity contribution in [1.82, 2.24) is 20.2 Å². The van der Waals surface area contributed by atoms with Gasteiger partial charge in [0.1, 0.15) is 11.6 Å². The van der Waals surface area contributed by atoms with Crippen LogP contribution >= 0.6 is 0 Å². The van der Waals surface area contributed by atoms with Gasteiger partial charge < -0.3 is 11.1 Å². The Morgan fingerprint density at radius 1 is 1.19 bits per heavy atom. The van der Waals surface area contributed by atoms with Crippen molar-refractivity contribution in [3.05, 3.63) is 53.5 Å². The van der Waals surface area contributed by atoms with Crippen LogP contribution in [-0.4, -0.2) is 39.9 Å². The van der Waals surface area contributed by atoms with Crippen LogP contribution < -0.4 is 11.1 Å². The molecule has 1 aromatic heterocycles. The molecule has 2 aromatic rings. The standard InChI is InChI=1S/C20H23N5O/c21-18-14(8-22-19(24-18)13-6-7-13)20(26)23-17-15-10-25(11-16(15)17)9-12-4-2-1-3-5-12/h1-5,8,13,15-17H,6-7,9-11H2,(H,23,26)(H2,21,22,24)/t15-,16+,17?. The van der Waals surface area contributed by atoms with Gasteiger partial charge in [-0.2, -0.15) is 0 Å². The zero-order chi connectivity index (χ0) is 17.7. The Hall–Kier alpha value is -2.47. The second kappa shape index (κ2) is 6.06. The molecule has 6 nitrogen and oxygen atoms in total. The lowest BCUT2D eigenvalue weighted by atomic mass is 10.2. The Bertz CT molecular complexity index is 823. The number of amides is 1. The summed E-state index contributed by atoms with van der Waals surface area (Å²) in [5.74, 6) is 2.48. The van der Waals surface area contributed by atoms with Crippen molar-refractivity contribution in [2.24, 2.45) is 11.8 Å². The van der Waals surface area contributed by atoms with E-state index in [0.717, 1.165) is 38.3 Å². The molecule has 6 heteroatoms. The largest absolute Gasteiger partial charge is 0.383 e. The van der Waals surface area contributed by atoms with E-state index in [-0.39, 0.29) is 11.9 Å². The molecule has 0 spiro atoms. The number of benzene rings is 1. The van der Waals surface area contributed by atoms with Crippen molar-refractivity contribution in [3.63, 3.8) is 0 Å². The third kappa shape index (κ3) is 2.94. The Morgan fingerprint density at radius 2 is 1.92 bits per heavy atom. The predicted octanol–water partition coefficient (Wildman–Crippen LogP) is 1.80. The Balaban J connectivity index is 1.16. The number of nitrogens with two attached hydrogens (primary N) is 1. The zero-order valence-corrected chi connectivity index (χ0v) is 14.6. The van der Waals surface area contributed by atoms with Gasteiger partial charge in [0.05, 0.1) is 5.56 Å². The smallest absolute Gasteiger partial charge is 0.256 e. The van der Waals surface area contributed by atoms with Gasteiger partial charge in [0, 0.05) is 37.8 Å². The summed E-state index contributed by atoms with van der Waals surface area (Å²) < 4.78 is 0. The number of anilines is 1. The van der Waals surface area contributed by atoms with Gasteiger partial charge in [0.2, 0.25) is 0 Å². The highest BCUT2D eigenvalue weighted by Crippen LogP contribution is 2.46. The second-order valence-corrected chi connectivity index (χ2v) is 7.81. The lowest BCUT2D eigenvalue weighted by molar-refractivity contribution is 0.0943. The minimum absolute atomic E-state index is 0.140. The number of nitrogens with one attached hydrogen (secondary N) is 1. The SMILES string of the molecule is Nc1nc(C2CC2)ncc1C(=O)NC1[C@H]2CN(Cc3ccccc3)C[C@@H]12. The molecule has 2 aliphatic carbocycles. The minimum atomic E-state index is -0.140. The maximum atomic E-state index is 12.5. The van der Waals surface area contributed by atoms with Crippen molar-refractivity contribution in [2.45, 2.75) is 31.3 Å². The van der Waals surface area contributed by atoms with E-state index in [2.05, 4.69) is 44.5 Å². The number of fused-ring (bicyclic) bond motifs is 1. The lowest BCUT2D eigenvalue weighted by Gasteiger charge is -2.20. The summed E-state index contributed by atoms with van der Waals surface area (Å²) in [4.78, 5) is 23.6. The number of carbonyl (C=O) groups excluding carboxylic acids is 1. The fourth-order valence-corrected chi connectivity index (χ4v) is 4.15. The van der Waals surface area contributed by atoms with Crippen molar-refractivity contribution < 1.29 is 4.79 Å². The van der Waals surface area contributed by atoms with Gasteiger partial charge in [-0.25, -0.2) is 9.97 Å². The molecular formula is C20H23N5O. The van der Waals surface area contributed by atoms with Crippen molar-refractivity contribution in [3.8, 4) is 0 Å². The van der Waals surface area contributed by atoms with Crippen LogP contribution in [0.1, 0.15) is 40.5 Å². The predicted molar refractivity (Wildman–Crippen MR) is 98.4 cm³/mol. The van der Waals surface area contributed by atoms with E-state index in [1.807, 2.05) is 6.07 Å². The first-order chi connectivity index (χ1) is 12.7. The highest BCUT2D eigenvalue weighted by molar-refractivity contribution is 5.98. The maximum absolute atomic E-state index is 12.5. The van der Waals surface area contributed by atoms with E-state index >= 15 is 0 Å². The molecule has 3 atom stereocenters. The average Bonchev–Trinajstić information content (AvgIpc) is 3.55. The maximum Gasteiger partial charge on any atom is 0.256 e. The molecule has 0 radical (unpaired) electrons. The molecule has 134 valence electrons. The van der Waals surface area contributed by atoms with Crippen LogP contribution in [0.25, 0.3) is 0 Å². The van der Waals surface area contributed by atoms with E-state index in [1.54, 1.807) is 6.20 Å². The Labute approximate surface area is 152 Å². The fourth-order valence-electron chi connectivity index (χ4n) is 4.15. The summed E-state index contributed by atoms with van der Waals surface area (Å²) in [5, 5.41) is 3.14. The molecule has 26 heavy (non-hydrogen) atoms. The van der Waals surface area contributed by atoms with Crippen molar-refractivity contribution in [1.29, 1.82) is 0 Å². The van der Waals surface area contributed by atoms with Gasteiger partial charge in [-0.05, 0) is 30.2 Å². The molecular weight excluding hydrogens is 326 g/mol. The molecule has 2 saturated carbocycles. The summed E-state index contributed by atoms with van der Waals surface area (Å²) in [7, 11) is 0. The quantitative estimate of drug-likeness (QED) is 0.860. The second-order valence-electron chi connectivity index (χ2n) is 7.81. The fraction of sp³-hybridized carbons (Fsp3) is 0.450. The normalized spacial score (nSPS) is 27.2. The zero-order valence-electron chi connectivity index (χ0n) is 14.6. The van der Waals surface area contributed by atoms with Gasteiger partial charge in [0.25, 0.3) is 5.91 Å². The van der Waals surface area contributed by atoms with E-state index in [4.69, 9.17) is 5.73 Å². The molecule has 3 fully saturated rings. The molecule has 1 saturated heterocycles. The lowest BCUT2D eigenvalue weighted by Crippen LogP contribution is -2.35. The molecule has 3 N–H and O–H groups in total. The number of hydrogen-bond acceptors (Lipinski definition) is 5. The number of piperidine rings is 1. The van der Waals surface area contributed by atoms with Crippen LogP contribution in [0.3, 0.4) is 0 Å². The number of aromatic nitrogens is 2. The first-order valence-electron chi connectivity index (χ1n) is 9.38. The van der Waals surface area contributed by atoms with Gasteiger partial charge in [0.15, 0.2) is 0 Å². The van der Waals surface area contributed by atoms with Gasteiger partial charge in [-0.1, -0.05) is 30.3 Å². The molecule has 2 heterocycles. The molecule has 1 unspecified atom stereocenters. The van der Waals surface area contributed by atoms with Crippen LogP contribution in [0.4, 0.5) is 5.82 Å². The highest BCUT2D eigenvalue weighted by Gasteiger charge is 2.56. The average molecular weight is 349 g/mol. The number of nitrogen functional groups attached to an aromatic ring is 1. The first-order valence-corrected chi connectivity index (χ1v) is 9.38. The van der Waals surface area contributed by atoms with Crippen LogP contribution in [0.5, 0.6) is 0 Å². The van der Waals surface area contributed by atoms with Crippen LogP contribution in [0.2, 0.25) is 0 Å². The number of nitrogens with zero attached hydrogens (tertiary/aromatic N) is 3. The van der Waals surface area contributed by atoms with Gasteiger partial charge >= 0.3 is 0 Å². The molecule has 1 aromatic carbocycles. The topological polar surface area (TPSA) is 84.1 Å². The molecule has 3 aliphatic rings. The van der Waals surface area contributed by atoms with E-state index in [0.29, 0.717) is 29.1 Å². The summed E-state index contributed by atoms with van der Waals surface area (Å²) in [5.41, 5.74) is 7.73. The summed E-state index contributed by atoms with van der Waals surface area (Å²) in [6.07, 6.45) is 3.83. The van der Waals surface area contributed by atoms with E-state index in [9.17, 15) is 4.79 Å². The third-order valence-corrected chi connectivity index (χ3v) is 5.84. The third-order valence-electron chi connectivity index (χ3n) is 5.84. The number of rotatable bonds is 5. The monoisotopic (exact) mass is 349 g/mol. The summed E-state index contributed by atoms with van der Waals surface area (Å²) in [6.45, 7) is 3.06. The van der Waals surface area contributed by atoms with Gasteiger partial charge in [-0.15, -0.1) is 0 Å². The molecule has 0 bridgehead atoms. The molecule has 1 amide bonds. The number of carbonyl (C=O) groups is 1. The number of hydrogen-bond donors (Lipinski definition) is 2. The minimum Gasteiger partial charge on any atom is -0.383 e. The first kappa shape index (κ1) is 15.8. The summed E-state index contributed by atoms with van der Waals surface area (Å²) >= 11 is 0. The van der Waals surface area contributed by atoms with Gasteiger partial charge in [-0.3, -0.25) is 9.69 Å². The Kier molecular flexibility index (Phi) is 3.67. The highest BCUT2D eigenvalue weighted by atomic mass is 16.1. The molecule has 5 rings (SSSR count). The Morgan fingerprint density at radius 3 is 2.58 bits per heavy atom. The van der Waals surface area contributed by atoms with Crippen LogP contribution in [0, 0.1) is 11.8 Å². The van der Waals surface area contributed by atoms with Crippen LogP contribution in [0.15, 0.2) is 36.5 Å². The van der Waals surface area contributed by atoms with Crippen molar-refractivity contribution in [2.75, 3.05) is 18.8 Å².